The molecule has 0 spiro atoms. The Bertz CT molecular complexity index is 1400. The maximum atomic E-state index is 12.4. The number of hydrogen-bond donors (Lipinski definition) is 3. The van der Waals surface area contributed by atoms with E-state index in [1.807, 2.05) is 30.3 Å². The lowest BCUT2D eigenvalue weighted by Crippen LogP contribution is -2.27. The lowest BCUT2D eigenvalue weighted by molar-refractivity contribution is -0.137. The molecule has 2 aromatic carbocycles. The number of nitrogens with one attached hydrogen (secondary N) is 2. The van der Waals surface area contributed by atoms with Gasteiger partial charge in [0.05, 0.1) is 17.1 Å². The second-order valence-corrected chi connectivity index (χ2v) is 12.4. The van der Waals surface area contributed by atoms with Gasteiger partial charge >= 0.3 is 11.9 Å². The van der Waals surface area contributed by atoms with E-state index in [9.17, 15) is 14.4 Å². The molecule has 0 bridgehead atoms. The zero-order chi connectivity index (χ0) is 33.7. The Balaban J connectivity index is 1.22. The molecular formula is C38H51ClN2O6. The fourth-order valence-electron chi connectivity index (χ4n) is 5.61. The van der Waals surface area contributed by atoms with E-state index < -0.39 is 11.9 Å². The van der Waals surface area contributed by atoms with Crippen LogP contribution in [-0.2, 0) is 14.3 Å². The first kappa shape index (κ1) is 37.7. The summed E-state index contributed by atoms with van der Waals surface area (Å²) >= 11 is 6.56. The zero-order valence-corrected chi connectivity index (χ0v) is 28.4. The molecule has 1 aromatic heterocycles. The molecule has 0 saturated heterocycles. The largest absolute Gasteiger partial charge is 0.492 e. The van der Waals surface area contributed by atoms with Crippen LogP contribution < -0.4 is 10.1 Å². The number of aromatic nitrogens is 1. The number of aliphatic carboxylic acids is 1. The fraction of sp³-hybridized carbons (Fsp3) is 0.500. The van der Waals surface area contributed by atoms with Gasteiger partial charge < -0.3 is 24.9 Å². The van der Waals surface area contributed by atoms with Gasteiger partial charge in [0.1, 0.15) is 19.0 Å². The Morgan fingerprint density at radius 1 is 0.830 bits per heavy atom. The summed E-state index contributed by atoms with van der Waals surface area (Å²) in [4.78, 5) is 38.2. The summed E-state index contributed by atoms with van der Waals surface area (Å²) in [7, 11) is 0. The minimum atomic E-state index is -0.687. The number of fused-ring (bicyclic) bond motifs is 1. The molecule has 0 aliphatic carbocycles. The number of H-pyrrole nitrogens is 1. The number of aromatic amines is 1. The van der Waals surface area contributed by atoms with E-state index in [-0.39, 0.29) is 12.5 Å². The Morgan fingerprint density at radius 3 is 1.98 bits per heavy atom. The first-order valence-electron chi connectivity index (χ1n) is 17.2. The van der Waals surface area contributed by atoms with Crippen LogP contribution in [0.1, 0.15) is 113 Å². The molecule has 0 radical (unpaired) electrons. The molecule has 1 amide bonds. The van der Waals surface area contributed by atoms with Crippen LogP contribution in [0.4, 0.5) is 0 Å². The van der Waals surface area contributed by atoms with Crippen molar-refractivity contribution in [1.29, 1.82) is 0 Å². The van der Waals surface area contributed by atoms with Crippen molar-refractivity contribution in [3.05, 3.63) is 65.8 Å². The summed E-state index contributed by atoms with van der Waals surface area (Å²) in [6.07, 6.45) is 20.3. The van der Waals surface area contributed by atoms with Crippen molar-refractivity contribution in [2.24, 2.45) is 0 Å². The SMILES string of the molecule is C=CCOC(=O)c1c[nH]c2cc(Cl)c(-c3ccc(OCCNC(=O)CCCCCCCCCCCCCCCCC(=O)O)cc3)cc12. The topological polar surface area (TPSA) is 118 Å². The lowest BCUT2D eigenvalue weighted by atomic mass is 10.0. The normalized spacial score (nSPS) is 11.0. The van der Waals surface area contributed by atoms with Crippen LogP contribution in [0.3, 0.4) is 0 Å². The number of carbonyl (C=O) groups is 3. The molecule has 47 heavy (non-hydrogen) atoms. The van der Waals surface area contributed by atoms with Crippen LogP contribution in [0.25, 0.3) is 22.0 Å². The highest BCUT2D eigenvalue weighted by molar-refractivity contribution is 6.34. The Hall–Kier alpha value is -3.78. The minimum Gasteiger partial charge on any atom is -0.492 e. The summed E-state index contributed by atoms with van der Waals surface area (Å²) < 4.78 is 11.0. The van der Waals surface area contributed by atoms with E-state index in [4.69, 9.17) is 26.2 Å². The Labute approximate surface area is 284 Å². The number of rotatable bonds is 25. The first-order valence-corrected chi connectivity index (χ1v) is 17.6. The Kier molecular flexibility index (Phi) is 17.6. The van der Waals surface area contributed by atoms with Crippen LogP contribution in [0.2, 0.25) is 5.02 Å². The minimum absolute atomic E-state index is 0.0633. The zero-order valence-electron chi connectivity index (χ0n) is 27.6. The number of benzene rings is 2. The average molecular weight is 667 g/mol. The van der Waals surface area contributed by atoms with Crippen molar-refractivity contribution in [3.63, 3.8) is 0 Å². The molecule has 3 N–H and O–H groups in total. The number of hydrogen-bond acceptors (Lipinski definition) is 5. The number of carboxylic acids is 1. The maximum Gasteiger partial charge on any atom is 0.340 e. The molecule has 3 aromatic rings. The van der Waals surface area contributed by atoms with Crippen molar-refractivity contribution in [3.8, 4) is 16.9 Å². The van der Waals surface area contributed by atoms with Gasteiger partial charge in [0.25, 0.3) is 0 Å². The van der Waals surface area contributed by atoms with Crippen LogP contribution in [-0.4, -0.2) is 47.7 Å². The van der Waals surface area contributed by atoms with Crippen LogP contribution >= 0.6 is 11.6 Å². The molecule has 0 fully saturated rings. The number of amides is 1. The molecule has 3 rings (SSSR count). The molecule has 256 valence electrons. The maximum absolute atomic E-state index is 12.4. The third kappa shape index (κ3) is 14.3. The average Bonchev–Trinajstić information content (AvgIpc) is 3.47. The molecular weight excluding hydrogens is 616 g/mol. The molecule has 0 atom stereocenters. The van der Waals surface area contributed by atoms with Gasteiger partial charge in [0.2, 0.25) is 5.91 Å². The van der Waals surface area contributed by atoms with E-state index in [1.54, 1.807) is 12.3 Å². The number of unbranched alkanes of at least 4 members (excludes halogenated alkanes) is 13. The monoisotopic (exact) mass is 666 g/mol. The molecule has 0 aliphatic rings. The van der Waals surface area contributed by atoms with E-state index in [0.29, 0.717) is 42.3 Å². The predicted molar refractivity (Wildman–Crippen MR) is 189 cm³/mol. The summed E-state index contributed by atoms with van der Waals surface area (Å²) in [5.74, 6) is -0.355. The van der Waals surface area contributed by atoms with Crippen molar-refractivity contribution in [1.82, 2.24) is 10.3 Å². The quantitative estimate of drug-likeness (QED) is 0.0471. The predicted octanol–water partition coefficient (Wildman–Crippen LogP) is 9.65. The molecule has 8 nitrogen and oxygen atoms in total. The summed E-state index contributed by atoms with van der Waals surface area (Å²) in [5, 5.41) is 12.9. The van der Waals surface area contributed by atoms with Gasteiger partial charge in [-0.25, -0.2) is 4.79 Å². The van der Waals surface area contributed by atoms with Crippen LogP contribution in [0, 0.1) is 0 Å². The summed E-state index contributed by atoms with van der Waals surface area (Å²) in [6, 6.07) is 11.2. The fourth-order valence-corrected chi connectivity index (χ4v) is 5.88. The van der Waals surface area contributed by atoms with Gasteiger partial charge in [0, 0.05) is 35.5 Å². The third-order valence-corrected chi connectivity index (χ3v) is 8.54. The van der Waals surface area contributed by atoms with Gasteiger partial charge in [-0.15, -0.1) is 0 Å². The molecule has 1 heterocycles. The van der Waals surface area contributed by atoms with Crippen molar-refractivity contribution in [2.45, 2.75) is 103 Å². The van der Waals surface area contributed by atoms with Crippen molar-refractivity contribution < 1.29 is 29.0 Å². The molecule has 0 saturated carbocycles. The first-order chi connectivity index (χ1) is 22.9. The number of halogens is 1. The third-order valence-electron chi connectivity index (χ3n) is 8.22. The van der Waals surface area contributed by atoms with Gasteiger partial charge in [-0.05, 0) is 42.7 Å². The van der Waals surface area contributed by atoms with Crippen molar-refractivity contribution in [2.75, 3.05) is 19.8 Å². The van der Waals surface area contributed by atoms with E-state index in [0.717, 1.165) is 54.1 Å². The second-order valence-electron chi connectivity index (χ2n) is 12.0. The highest BCUT2D eigenvalue weighted by Crippen LogP contribution is 2.34. The van der Waals surface area contributed by atoms with Crippen molar-refractivity contribution >= 4 is 40.3 Å². The van der Waals surface area contributed by atoms with Gasteiger partial charge in [-0.3, -0.25) is 9.59 Å². The van der Waals surface area contributed by atoms with Crippen LogP contribution in [0.5, 0.6) is 5.75 Å². The molecule has 9 heteroatoms. The standard InChI is InChI=1S/C38H51ClN2O6/c1-2-24-47-38(45)33-28-41-35-27-34(39)31(26-32(33)35)29-19-21-30(22-20-29)46-25-23-40-36(42)17-15-13-11-9-7-5-3-4-6-8-10-12-14-16-18-37(43)44/h2,19-22,26-28,41H,1,3-18,23-25H2,(H,40,42)(H,43,44). The van der Waals surface area contributed by atoms with Crippen LogP contribution in [0.15, 0.2) is 55.3 Å². The van der Waals surface area contributed by atoms with E-state index >= 15 is 0 Å². The smallest absolute Gasteiger partial charge is 0.340 e. The summed E-state index contributed by atoms with van der Waals surface area (Å²) in [6.45, 7) is 4.55. The second kappa shape index (κ2) is 21.9. The van der Waals surface area contributed by atoms with Gasteiger partial charge in [0.15, 0.2) is 0 Å². The van der Waals surface area contributed by atoms with E-state index in [1.165, 1.54) is 63.9 Å². The molecule has 0 aliphatic heterocycles. The van der Waals surface area contributed by atoms with Gasteiger partial charge in [-0.1, -0.05) is 113 Å². The highest BCUT2D eigenvalue weighted by atomic mass is 35.5. The number of carbonyl (C=O) groups excluding carboxylic acids is 2. The summed E-state index contributed by atoms with van der Waals surface area (Å²) in [5.41, 5.74) is 2.87. The van der Waals surface area contributed by atoms with Gasteiger partial charge in [-0.2, -0.15) is 0 Å². The number of ether oxygens (including phenoxy) is 2. The number of carboxylic acid groups (broad SMARTS) is 1. The highest BCUT2D eigenvalue weighted by Gasteiger charge is 2.16. The van der Waals surface area contributed by atoms with E-state index in [2.05, 4.69) is 16.9 Å². The number of esters is 1. The molecule has 0 unspecified atom stereocenters. The Morgan fingerprint density at radius 2 is 1.40 bits per heavy atom. The lowest BCUT2D eigenvalue weighted by Gasteiger charge is -2.10.